The smallest absolute Gasteiger partial charge is 0.444 e. The number of aromatic nitrogens is 6. The topological polar surface area (TPSA) is 543 Å². The van der Waals surface area contributed by atoms with Crippen LogP contribution in [0.1, 0.15) is 97.2 Å². The van der Waals surface area contributed by atoms with Crippen LogP contribution in [-0.2, 0) is 75.8 Å². The van der Waals surface area contributed by atoms with Crippen LogP contribution in [0, 0.1) is 0 Å². The van der Waals surface area contributed by atoms with Gasteiger partial charge in [-0.2, -0.15) is 0 Å². The molecule has 6 unspecified atom stereocenters. The van der Waals surface area contributed by atoms with Gasteiger partial charge in [0.05, 0.1) is 0 Å². The van der Waals surface area contributed by atoms with Crippen LogP contribution in [0.4, 0.5) is 0 Å². The van der Waals surface area contributed by atoms with Gasteiger partial charge >= 0.3 is 42.8 Å². The predicted molar refractivity (Wildman–Crippen MR) is 283 cm³/mol. The zero-order valence-electron chi connectivity index (χ0n) is 46.5. The van der Waals surface area contributed by atoms with Crippen LogP contribution in [0.3, 0.4) is 0 Å². The number of hydrogen-bond acceptors (Lipinski definition) is 28. The van der Waals surface area contributed by atoms with Gasteiger partial charge < -0.3 is 86.8 Å². The molecule has 15 N–H and O–H groups in total. The molecule has 18 atom stereocenters. The van der Waals surface area contributed by atoms with Gasteiger partial charge in [0, 0.05) is 77.4 Å². The molecule has 6 fully saturated rings. The van der Waals surface area contributed by atoms with Crippen LogP contribution in [0.2, 0.25) is 0 Å². The van der Waals surface area contributed by atoms with E-state index in [-0.39, 0.29) is 0 Å². The second-order valence-electron chi connectivity index (χ2n) is 19.9. The van der Waals surface area contributed by atoms with Crippen LogP contribution in [0.15, 0.2) is 65.6 Å². The normalized spacial score (nSPS) is 31.0. The summed E-state index contributed by atoms with van der Waals surface area (Å²) in [7, 11) is -4.64. The van der Waals surface area contributed by atoms with Gasteiger partial charge in [0.15, 0.2) is 56.2 Å². The van der Waals surface area contributed by atoms with E-state index in [1.165, 1.54) is 39.4 Å². The average molecular weight is 1250 g/mol. The fourth-order valence-corrected chi connectivity index (χ4v) is 9.59. The molecule has 0 saturated carbocycles. The van der Waals surface area contributed by atoms with Gasteiger partial charge in [0.25, 0.3) is 16.7 Å². The van der Waals surface area contributed by atoms with Crippen molar-refractivity contribution in [3.63, 3.8) is 0 Å². The van der Waals surface area contributed by atoms with Crippen LogP contribution in [-0.4, -0.2) is 189 Å². The number of carbonyl (C=O) groups is 3. The average Bonchev–Trinajstić information content (AvgIpc) is 1.86. The molecule has 0 spiro atoms. The maximum Gasteiger partial charge on any atom is 0.466 e. The summed E-state index contributed by atoms with van der Waals surface area (Å²) < 4.78 is 78.1. The van der Waals surface area contributed by atoms with Crippen LogP contribution in [0.25, 0.3) is 0 Å². The number of esters is 3. The molecule has 9 heterocycles. The number of rotatable bonds is 15. The van der Waals surface area contributed by atoms with E-state index in [1.54, 1.807) is 0 Å². The molecule has 482 valence electrons. The van der Waals surface area contributed by atoms with Crippen molar-refractivity contribution in [2.24, 2.45) is 17.2 Å². The Labute approximate surface area is 485 Å². The lowest BCUT2D eigenvalue weighted by Crippen LogP contribution is -2.47. The van der Waals surface area contributed by atoms with E-state index >= 15 is 0 Å². The van der Waals surface area contributed by atoms with Crippen molar-refractivity contribution in [1.29, 1.82) is 0 Å². The fraction of sp³-hybridized carbons (Fsp3) is 0.688. The van der Waals surface area contributed by atoms with E-state index in [0.717, 1.165) is 70.4 Å². The number of aliphatic hydroxyl groups is 3. The van der Waals surface area contributed by atoms with Crippen molar-refractivity contribution in [2.75, 3.05) is 19.8 Å². The number of aliphatic hydroxyl groups excluding tert-OH is 3. The van der Waals surface area contributed by atoms with Crippen LogP contribution >= 0.6 is 7.82 Å². The first-order valence-electron chi connectivity index (χ1n) is 26.9. The molecule has 38 heteroatoms. The minimum absolute atomic E-state index is 0.522. The van der Waals surface area contributed by atoms with Gasteiger partial charge in [0.2, 0.25) is 0 Å². The Morgan fingerprint density at radius 3 is 0.942 bits per heavy atom. The summed E-state index contributed by atoms with van der Waals surface area (Å²) in [6.07, 6.45) is -8.20. The Morgan fingerprint density at radius 1 is 0.500 bits per heavy atom. The molecule has 6 aliphatic rings. The number of phosphoric acid groups is 1. The van der Waals surface area contributed by atoms with Gasteiger partial charge in [-0.25, -0.2) is 18.9 Å². The first-order chi connectivity index (χ1) is 40.6. The third-order valence-electron chi connectivity index (χ3n) is 13.3. The summed E-state index contributed by atoms with van der Waals surface area (Å²) in [4.78, 5) is 132. The largest absolute Gasteiger partial charge is 0.466 e. The van der Waals surface area contributed by atoms with Crippen LogP contribution in [0.5, 0.6) is 0 Å². The molecule has 3 aromatic rings. The summed E-state index contributed by atoms with van der Waals surface area (Å²) in [5, 5.41) is 32.0. The summed E-state index contributed by atoms with van der Waals surface area (Å²) in [5.74, 6) is -1.93. The van der Waals surface area contributed by atoms with E-state index < -0.39 is 171 Å². The molecule has 37 nitrogen and oxygen atoms in total. The highest BCUT2D eigenvalue weighted by molar-refractivity contribution is 7.45. The first kappa shape index (κ1) is 69.1. The number of H-pyrrole nitrogens is 3. The highest BCUT2D eigenvalue weighted by atomic mass is 31.2. The molecular formula is C48H72N9O28P. The zero-order chi connectivity index (χ0) is 63.2. The van der Waals surface area contributed by atoms with Crippen molar-refractivity contribution in [3.8, 4) is 0 Å². The summed E-state index contributed by atoms with van der Waals surface area (Å²) in [6, 6.07) is 3.43. The lowest BCUT2D eigenvalue weighted by Gasteiger charge is -2.29. The van der Waals surface area contributed by atoms with Crippen molar-refractivity contribution in [2.45, 2.75) is 190 Å². The minimum atomic E-state index is -4.64. The molecule has 6 aliphatic heterocycles. The van der Waals surface area contributed by atoms with E-state index in [0.29, 0.717) is 39.1 Å². The number of nitrogens with two attached hydrogens (primary N) is 3. The summed E-state index contributed by atoms with van der Waals surface area (Å²) in [5.41, 5.74) is 13.5. The summed E-state index contributed by atoms with van der Waals surface area (Å²) >= 11 is 0. The molecule has 0 aromatic carbocycles. The van der Waals surface area contributed by atoms with Crippen molar-refractivity contribution >= 4 is 25.7 Å². The zero-order valence-corrected chi connectivity index (χ0v) is 47.4. The summed E-state index contributed by atoms with van der Waals surface area (Å²) in [6.45, 7) is 5.09. The fourth-order valence-electron chi connectivity index (χ4n) is 9.59. The Kier molecular flexibility index (Phi) is 25.5. The Hall–Kier alpha value is -6.04. The number of nitrogens with one attached hydrogen (secondary N) is 3. The molecule has 0 radical (unpaired) electrons. The van der Waals surface area contributed by atoms with Gasteiger partial charge in [-0.15, -0.1) is 0 Å². The second-order valence-corrected chi connectivity index (χ2v) is 21.0. The van der Waals surface area contributed by atoms with Gasteiger partial charge in [-0.05, 0) is 57.8 Å². The third-order valence-corrected chi connectivity index (χ3v) is 13.3. The molecule has 6 saturated heterocycles. The second kappa shape index (κ2) is 31.7. The highest BCUT2D eigenvalue weighted by Crippen LogP contribution is 2.37. The maximum absolute atomic E-state index is 12.2. The minimum Gasteiger partial charge on any atom is -0.444 e. The van der Waals surface area contributed by atoms with Gasteiger partial charge in [0.1, 0.15) is 54.9 Å². The van der Waals surface area contributed by atoms with Gasteiger partial charge in [-0.3, -0.25) is 74.6 Å². The Balaban J connectivity index is 0.000000198. The third kappa shape index (κ3) is 19.7. The lowest BCUT2D eigenvalue weighted by atomic mass is 10.1. The van der Waals surface area contributed by atoms with Crippen molar-refractivity contribution in [1.82, 2.24) is 28.7 Å². The van der Waals surface area contributed by atoms with E-state index in [2.05, 4.69) is 15.0 Å². The Bertz CT molecular complexity index is 2800. The lowest BCUT2D eigenvalue weighted by molar-refractivity contribution is -0.215. The van der Waals surface area contributed by atoms with Crippen LogP contribution < -0.4 is 50.9 Å². The molecule has 86 heavy (non-hydrogen) atoms. The predicted octanol–water partition coefficient (Wildman–Crippen LogP) is -5.26. The number of carbonyl (C=O) groups excluding carboxylic acids is 3. The highest BCUT2D eigenvalue weighted by Gasteiger charge is 2.53. The van der Waals surface area contributed by atoms with E-state index in [4.69, 9.17) is 93.3 Å². The molecule has 0 amide bonds. The number of nitrogens with zero attached hydrogens (tertiary/aromatic N) is 3. The standard InChI is InChI=1S/3C16H23N3O8.H3O4P/c3*1-8(20)25-14(17)12-11(22)13(26-10-4-2-3-7-24-10)15(27-12)19-6-5-9(21)18-16(19)23;1-5(2,3)4/h3*5-6,10-15,22H,2-4,7,17H2,1H3,(H,18,21,23);(H3,1,2,3,4)/t3*10?,11-,12+,13-,14?,15-;/m111./s1. The van der Waals surface area contributed by atoms with E-state index in [9.17, 15) is 58.5 Å². The maximum atomic E-state index is 12.2. The van der Waals surface area contributed by atoms with Crippen molar-refractivity contribution < 1.29 is 106 Å². The molecular weight excluding hydrogens is 1180 g/mol. The quantitative estimate of drug-likeness (QED) is 0.0293. The first-order valence-corrected chi connectivity index (χ1v) is 28.5. The number of aromatic amines is 3. The molecule has 3 aromatic heterocycles. The monoisotopic (exact) mass is 1250 g/mol. The van der Waals surface area contributed by atoms with Crippen molar-refractivity contribution in [3.05, 3.63) is 99.3 Å². The van der Waals surface area contributed by atoms with Gasteiger partial charge in [-0.1, -0.05) is 0 Å². The SMILES string of the molecule is CC(=O)OC(N)[C@H]1O[C@@H](n2ccc(=O)[nH]c2=O)[C@H](OC2CCCCO2)[C@@H]1O.CC(=O)OC(N)[C@H]1O[C@@H](n2ccc(=O)[nH]c2=O)[C@H](OC2CCCCO2)[C@@H]1O.CC(=O)OC(N)[C@H]1O[C@@H](n2ccc(=O)[nH]c2=O)[C@H](OC2CCCCO2)[C@@H]1O.O=P(O)(O)O. The van der Waals surface area contributed by atoms with E-state index in [1.807, 2.05) is 0 Å². The molecule has 0 aliphatic carbocycles. The molecule has 0 bridgehead atoms. The number of hydrogen-bond donors (Lipinski definition) is 12. The molecule has 9 rings (SSSR count). The Morgan fingerprint density at radius 2 is 0.744 bits per heavy atom. The number of ether oxygens (including phenoxy) is 12.